The molecule has 2 saturated heterocycles. The first-order valence-electron chi connectivity index (χ1n) is 11.8. The van der Waals surface area contributed by atoms with Crippen LogP contribution < -0.4 is 5.32 Å². The smallest absolute Gasteiger partial charge is 0.239 e. The Kier molecular flexibility index (Phi) is 11.2. The van der Waals surface area contributed by atoms with Gasteiger partial charge in [0.15, 0.2) is 5.96 Å². The molecule has 0 spiro atoms. The lowest BCUT2D eigenvalue weighted by atomic mass is 9.94. The summed E-state index contributed by atoms with van der Waals surface area (Å²) in [4.78, 5) is 26.4. The fraction of sp³-hybridized carbons (Fsp3) is 0.909. The van der Waals surface area contributed by atoms with E-state index in [4.69, 9.17) is 0 Å². The van der Waals surface area contributed by atoms with E-state index < -0.39 is 0 Å². The van der Waals surface area contributed by atoms with Crippen LogP contribution in [0.2, 0.25) is 0 Å². The predicted molar refractivity (Wildman–Crippen MR) is 135 cm³/mol. The van der Waals surface area contributed by atoms with Crippen molar-refractivity contribution in [3.05, 3.63) is 0 Å². The van der Waals surface area contributed by atoms with Crippen molar-refractivity contribution in [2.75, 3.05) is 66.5 Å². The largest absolute Gasteiger partial charge is 0.355 e. The number of hydrogen-bond acceptors (Lipinski definition) is 4. The van der Waals surface area contributed by atoms with Crippen molar-refractivity contribution in [3.8, 4) is 0 Å². The molecule has 1 aliphatic carbocycles. The van der Waals surface area contributed by atoms with E-state index >= 15 is 0 Å². The van der Waals surface area contributed by atoms with Gasteiger partial charge in [-0.15, -0.1) is 24.0 Å². The van der Waals surface area contributed by atoms with E-state index in [9.17, 15) is 4.79 Å². The summed E-state index contributed by atoms with van der Waals surface area (Å²) in [6.45, 7) is 9.64. The summed E-state index contributed by atoms with van der Waals surface area (Å²) in [5, 5.41) is 3.56. The molecule has 1 unspecified atom stereocenters. The number of guanidine groups is 1. The molecule has 1 N–H and O–H groups in total. The Morgan fingerprint density at radius 1 is 1.00 bits per heavy atom. The van der Waals surface area contributed by atoms with Crippen LogP contribution in [0.15, 0.2) is 4.99 Å². The van der Waals surface area contributed by atoms with Crippen molar-refractivity contribution in [1.29, 1.82) is 0 Å². The van der Waals surface area contributed by atoms with Gasteiger partial charge in [0.1, 0.15) is 0 Å². The van der Waals surface area contributed by atoms with Crippen molar-refractivity contribution in [1.82, 2.24) is 24.9 Å². The van der Waals surface area contributed by atoms with Crippen molar-refractivity contribution in [2.45, 2.75) is 64.0 Å². The molecule has 3 fully saturated rings. The van der Waals surface area contributed by atoms with E-state index in [1.54, 1.807) is 0 Å². The van der Waals surface area contributed by atoms with Crippen molar-refractivity contribution >= 4 is 35.8 Å². The number of amides is 1. The number of likely N-dealkylation sites (tertiary alicyclic amines) is 1. The van der Waals surface area contributed by atoms with Crippen LogP contribution in [0.25, 0.3) is 0 Å². The standard InChI is InChI=1S/C22H42N6O.HI/c1-19(21(29)27-12-7-8-13-27)26-15-17-28(18-16-26)22(23-2)24-11-14-25(3)20-9-5-4-6-10-20;/h19-20H,4-18H2,1-3H3,(H,23,24);1H. The van der Waals surface area contributed by atoms with Gasteiger partial charge in [0.05, 0.1) is 6.04 Å². The third-order valence-electron chi connectivity index (χ3n) is 7.09. The first kappa shape index (κ1) is 25.6. The summed E-state index contributed by atoms with van der Waals surface area (Å²) in [5.74, 6) is 1.31. The van der Waals surface area contributed by atoms with Gasteiger partial charge < -0.3 is 20.0 Å². The van der Waals surface area contributed by atoms with Gasteiger partial charge in [-0.1, -0.05) is 19.3 Å². The Bertz CT molecular complexity index is 540. The first-order valence-corrected chi connectivity index (χ1v) is 11.8. The summed E-state index contributed by atoms with van der Waals surface area (Å²) >= 11 is 0. The van der Waals surface area contributed by atoms with E-state index in [0.29, 0.717) is 5.91 Å². The van der Waals surface area contributed by atoms with Gasteiger partial charge in [-0.05, 0) is 39.7 Å². The fourth-order valence-corrected chi connectivity index (χ4v) is 5.06. The fourth-order valence-electron chi connectivity index (χ4n) is 5.06. The van der Waals surface area contributed by atoms with Crippen LogP contribution in [-0.2, 0) is 4.79 Å². The number of piperazine rings is 1. The molecule has 1 saturated carbocycles. The third kappa shape index (κ3) is 6.95. The second-order valence-corrected chi connectivity index (χ2v) is 8.98. The molecule has 0 aromatic heterocycles. The lowest BCUT2D eigenvalue weighted by Gasteiger charge is -2.39. The van der Waals surface area contributed by atoms with Crippen LogP contribution in [0, 0.1) is 0 Å². The minimum Gasteiger partial charge on any atom is -0.355 e. The molecule has 8 heteroatoms. The second kappa shape index (κ2) is 13.1. The highest BCUT2D eigenvalue weighted by atomic mass is 127. The maximum absolute atomic E-state index is 12.7. The number of hydrogen-bond donors (Lipinski definition) is 1. The van der Waals surface area contributed by atoms with Gasteiger partial charge in [-0.3, -0.25) is 14.7 Å². The SMILES string of the molecule is CN=C(NCCN(C)C1CCCCC1)N1CCN(C(C)C(=O)N2CCCC2)CC1.I. The molecule has 30 heavy (non-hydrogen) atoms. The molecule has 0 bridgehead atoms. The molecule has 3 aliphatic rings. The number of carbonyl (C=O) groups excluding carboxylic acids is 1. The first-order chi connectivity index (χ1) is 14.1. The number of aliphatic imine (C=N–C) groups is 1. The van der Waals surface area contributed by atoms with E-state index in [2.05, 4.69) is 39.0 Å². The van der Waals surface area contributed by atoms with E-state index in [1.807, 2.05) is 11.9 Å². The Labute approximate surface area is 200 Å². The zero-order valence-corrected chi connectivity index (χ0v) is 21.6. The average Bonchev–Trinajstić information content (AvgIpc) is 3.31. The van der Waals surface area contributed by atoms with Crippen molar-refractivity contribution in [3.63, 3.8) is 0 Å². The minimum absolute atomic E-state index is 0. The molecule has 174 valence electrons. The highest BCUT2D eigenvalue weighted by molar-refractivity contribution is 14.0. The zero-order valence-electron chi connectivity index (χ0n) is 19.3. The molecule has 2 heterocycles. The van der Waals surface area contributed by atoms with Gasteiger partial charge in [-0.25, -0.2) is 0 Å². The highest BCUT2D eigenvalue weighted by Crippen LogP contribution is 2.21. The lowest BCUT2D eigenvalue weighted by molar-refractivity contribution is -0.135. The van der Waals surface area contributed by atoms with Gasteiger partial charge in [0, 0.05) is 65.4 Å². The molecule has 0 radical (unpaired) electrons. The number of nitrogens with zero attached hydrogens (tertiary/aromatic N) is 5. The van der Waals surface area contributed by atoms with Crippen LogP contribution in [-0.4, -0.2) is 110 Å². The number of halogens is 1. The quantitative estimate of drug-likeness (QED) is 0.322. The molecule has 1 atom stereocenters. The zero-order chi connectivity index (χ0) is 20.6. The highest BCUT2D eigenvalue weighted by Gasteiger charge is 2.30. The molecule has 7 nitrogen and oxygen atoms in total. The molecule has 0 aromatic carbocycles. The molecule has 2 aliphatic heterocycles. The summed E-state index contributed by atoms with van der Waals surface area (Å²) in [5.41, 5.74) is 0. The van der Waals surface area contributed by atoms with Gasteiger partial charge >= 0.3 is 0 Å². The topological polar surface area (TPSA) is 54.4 Å². The van der Waals surface area contributed by atoms with E-state index in [-0.39, 0.29) is 30.0 Å². The second-order valence-electron chi connectivity index (χ2n) is 8.98. The monoisotopic (exact) mass is 534 g/mol. The molecule has 3 rings (SSSR count). The van der Waals surface area contributed by atoms with Crippen LogP contribution in [0.5, 0.6) is 0 Å². The summed E-state index contributed by atoms with van der Waals surface area (Å²) in [6.07, 6.45) is 9.18. The molecule has 0 aromatic rings. The third-order valence-corrected chi connectivity index (χ3v) is 7.09. The van der Waals surface area contributed by atoms with Gasteiger partial charge in [-0.2, -0.15) is 0 Å². The molecular formula is C22H43IN6O. The molecular weight excluding hydrogens is 491 g/mol. The number of carbonyl (C=O) groups is 1. The number of likely N-dealkylation sites (N-methyl/N-ethyl adjacent to an activating group) is 1. The van der Waals surface area contributed by atoms with Crippen LogP contribution in [0.3, 0.4) is 0 Å². The Morgan fingerprint density at radius 3 is 2.23 bits per heavy atom. The lowest BCUT2D eigenvalue weighted by Crippen LogP contribution is -2.57. The number of nitrogens with one attached hydrogen (secondary N) is 1. The molecule has 1 amide bonds. The Balaban J connectivity index is 0.00000320. The van der Waals surface area contributed by atoms with Crippen LogP contribution in [0.4, 0.5) is 0 Å². The normalized spacial score (nSPS) is 22.9. The van der Waals surface area contributed by atoms with Gasteiger partial charge in [0.25, 0.3) is 0 Å². The van der Waals surface area contributed by atoms with Crippen molar-refractivity contribution in [2.24, 2.45) is 4.99 Å². The van der Waals surface area contributed by atoms with Crippen molar-refractivity contribution < 1.29 is 4.79 Å². The minimum atomic E-state index is -0.00522. The Morgan fingerprint density at radius 2 is 1.63 bits per heavy atom. The van der Waals surface area contributed by atoms with Crippen LogP contribution >= 0.6 is 24.0 Å². The summed E-state index contributed by atoms with van der Waals surface area (Å²) in [7, 11) is 4.14. The number of rotatable bonds is 6. The average molecular weight is 535 g/mol. The van der Waals surface area contributed by atoms with Gasteiger partial charge in [0.2, 0.25) is 5.91 Å². The van der Waals surface area contributed by atoms with E-state index in [1.165, 1.54) is 32.1 Å². The maximum atomic E-state index is 12.7. The van der Waals surface area contributed by atoms with E-state index in [0.717, 1.165) is 77.2 Å². The van der Waals surface area contributed by atoms with Crippen LogP contribution in [0.1, 0.15) is 51.9 Å². The Hall–Kier alpha value is -0.610. The predicted octanol–water partition coefficient (Wildman–Crippen LogP) is 2.07. The maximum Gasteiger partial charge on any atom is 0.239 e. The summed E-state index contributed by atoms with van der Waals surface area (Å²) in [6, 6.07) is 0.750. The summed E-state index contributed by atoms with van der Waals surface area (Å²) < 4.78 is 0.